The molecule has 0 saturated carbocycles. The number of aromatic nitrogens is 3. The predicted octanol–water partition coefficient (Wildman–Crippen LogP) is 4.67. The molecule has 0 amide bonds. The van der Waals surface area contributed by atoms with E-state index < -0.39 is 25.7 Å². The van der Waals surface area contributed by atoms with Crippen LogP contribution in [0.5, 0.6) is 5.75 Å². The topological polar surface area (TPSA) is 132 Å². The van der Waals surface area contributed by atoms with Crippen LogP contribution < -0.4 is 14.8 Å². The highest BCUT2D eigenvalue weighted by molar-refractivity contribution is 7.92. The number of methoxy groups -OCH3 is 1. The van der Waals surface area contributed by atoms with Gasteiger partial charge >= 0.3 is 0 Å². The van der Waals surface area contributed by atoms with E-state index in [9.17, 15) is 21.2 Å². The number of aryl methyl sites for hydroxylation is 1. The zero-order valence-corrected chi connectivity index (χ0v) is 23.9. The lowest BCUT2D eigenvalue weighted by Gasteiger charge is -2.14. The van der Waals surface area contributed by atoms with Crippen molar-refractivity contribution in [1.29, 1.82) is 0 Å². The minimum atomic E-state index is -4.24. The number of nitrogens with one attached hydrogen (secondary N) is 2. The van der Waals surface area contributed by atoms with Gasteiger partial charge in [0.15, 0.2) is 15.5 Å². The van der Waals surface area contributed by atoms with Crippen LogP contribution in [0.25, 0.3) is 16.8 Å². The second-order valence-corrected chi connectivity index (χ2v) is 12.9. The van der Waals surface area contributed by atoms with Gasteiger partial charge in [-0.2, -0.15) is 9.61 Å². The van der Waals surface area contributed by atoms with Gasteiger partial charge in [-0.3, -0.25) is 4.72 Å². The molecule has 0 unspecified atom stereocenters. The van der Waals surface area contributed by atoms with Gasteiger partial charge in [0.1, 0.15) is 22.3 Å². The third-order valence-corrected chi connectivity index (χ3v) is 8.85. The van der Waals surface area contributed by atoms with E-state index in [0.29, 0.717) is 34.8 Å². The maximum atomic E-state index is 14.2. The molecular formula is C28H26FN5O5S2. The molecule has 41 heavy (non-hydrogen) atoms. The van der Waals surface area contributed by atoms with Gasteiger partial charge in [-0.1, -0.05) is 30.3 Å². The van der Waals surface area contributed by atoms with Gasteiger partial charge in [0.2, 0.25) is 0 Å². The van der Waals surface area contributed by atoms with Crippen LogP contribution in [-0.4, -0.2) is 44.8 Å². The molecule has 2 N–H and O–H groups in total. The van der Waals surface area contributed by atoms with Gasteiger partial charge in [-0.05, 0) is 60.5 Å². The molecule has 0 radical (unpaired) electrons. The van der Waals surface area contributed by atoms with E-state index >= 15 is 0 Å². The monoisotopic (exact) mass is 595 g/mol. The van der Waals surface area contributed by atoms with Crippen molar-refractivity contribution in [2.45, 2.75) is 23.3 Å². The van der Waals surface area contributed by atoms with E-state index in [1.165, 1.54) is 37.4 Å². The molecule has 0 aliphatic heterocycles. The van der Waals surface area contributed by atoms with Crippen molar-refractivity contribution >= 4 is 37.0 Å². The number of fused-ring (bicyclic) bond motifs is 1. The number of hydrogen-bond acceptors (Lipinski definition) is 8. The first-order chi connectivity index (χ1) is 19.5. The van der Waals surface area contributed by atoms with Crippen LogP contribution in [-0.2, 0) is 26.4 Å². The summed E-state index contributed by atoms with van der Waals surface area (Å²) in [5, 5.41) is 7.89. The number of halogens is 1. The van der Waals surface area contributed by atoms with Gasteiger partial charge in [0.05, 0.1) is 23.4 Å². The number of anilines is 2. The number of rotatable bonds is 9. The Labute approximate surface area is 236 Å². The summed E-state index contributed by atoms with van der Waals surface area (Å²) in [5.41, 5.74) is 2.73. The van der Waals surface area contributed by atoms with Crippen molar-refractivity contribution in [3.05, 3.63) is 96.1 Å². The Morgan fingerprint density at radius 1 is 0.976 bits per heavy atom. The average molecular weight is 596 g/mol. The number of nitrogens with zero attached hydrogens (tertiary/aromatic N) is 3. The third-order valence-electron chi connectivity index (χ3n) is 6.35. The first-order valence-corrected chi connectivity index (χ1v) is 15.7. The van der Waals surface area contributed by atoms with E-state index in [2.05, 4.69) is 20.1 Å². The van der Waals surface area contributed by atoms with Gasteiger partial charge in [0, 0.05) is 24.6 Å². The maximum absolute atomic E-state index is 14.2. The van der Waals surface area contributed by atoms with Gasteiger partial charge in [-0.15, -0.1) is 0 Å². The molecule has 0 atom stereocenters. The summed E-state index contributed by atoms with van der Waals surface area (Å²) in [4.78, 5) is 4.53. The fourth-order valence-electron chi connectivity index (χ4n) is 4.39. The summed E-state index contributed by atoms with van der Waals surface area (Å²) in [5.74, 6) is -0.0352. The molecule has 5 rings (SSSR count). The van der Waals surface area contributed by atoms with E-state index in [0.717, 1.165) is 17.9 Å². The van der Waals surface area contributed by atoms with Crippen molar-refractivity contribution < 1.29 is 26.0 Å². The lowest BCUT2D eigenvalue weighted by atomic mass is 10.1. The second-order valence-electron chi connectivity index (χ2n) is 9.25. The molecule has 3 aromatic carbocycles. The molecule has 10 nitrogen and oxygen atoms in total. The van der Waals surface area contributed by atoms with Crippen molar-refractivity contribution in [3.8, 4) is 16.9 Å². The number of hydrogen-bond donors (Lipinski definition) is 2. The Hall–Kier alpha value is -4.49. The Bertz CT molecular complexity index is 1990. The minimum Gasteiger partial charge on any atom is -0.495 e. The number of sulfonamides is 1. The third kappa shape index (κ3) is 5.72. The molecule has 0 fully saturated rings. The highest BCUT2D eigenvalue weighted by Gasteiger charge is 2.24. The second kappa shape index (κ2) is 10.8. The van der Waals surface area contributed by atoms with Crippen LogP contribution >= 0.6 is 0 Å². The van der Waals surface area contributed by atoms with Crippen LogP contribution in [0.4, 0.5) is 15.9 Å². The van der Waals surface area contributed by atoms with E-state index in [-0.39, 0.29) is 21.2 Å². The number of sulfone groups is 1. The molecule has 0 aliphatic rings. The van der Waals surface area contributed by atoms with Crippen molar-refractivity contribution in [3.63, 3.8) is 0 Å². The number of benzene rings is 3. The van der Waals surface area contributed by atoms with Crippen molar-refractivity contribution in [1.82, 2.24) is 14.6 Å². The Morgan fingerprint density at radius 2 is 1.76 bits per heavy atom. The fraction of sp³-hybridized carbons (Fsp3) is 0.143. The smallest absolute Gasteiger partial charge is 0.265 e. The van der Waals surface area contributed by atoms with E-state index in [1.807, 2.05) is 6.07 Å². The summed E-state index contributed by atoms with van der Waals surface area (Å²) >= 11 is 0. The van der Waals surface area contributed by atoms with Gasteiger partial charge in [0.25, 0.3) is 10.0 Å². The first kappa shape index (κ1) is 28.1. The van der Waals surface area contributed by atoms with Crippen molar-refractivity contribution in [2.24, 2.45) is 0 Å². The average Bonchev–Trinajstić information content (AvgIpc) is 3.28. The minimum absolute atomic E-state index is 0.0818. The van der Waals surface area contributed by atoms with Gasteiger partial charge < -0.3 is 10.1 Å². The van der Waals surface area contributed by atoms with Crippen LogP contribution in [0, 0.1) is 12.7 Å². The standard InChI is InChI=1S/C28H26FN5O5S2/c1-18-27(20-11-12-24(39-2)25(16-20)41(37,38)33-23-10-5-4-9-22(23)29)28-30-14-13-26(34(28)32-18)31-17-19-7-6-8-21(15-19)40(3,35)36/h4-16,31,33H,17H2,1-3H3. The molecule has 2 heterocycles. The number of para-hydroxylation sites is 1. The molecular weight excluding hydrogens is 569 g/mol. The quantitative estimate of drug-likeness (QED) is 0.251. The van der Waals surface area contributed by atoms with E-state index in [1.54, 1.807) is 48.0 Å². The summed E-state index contributed by atoms with van der Waals surface area (Å²) in [6.45, 7) is 2.10. The van der Waals surface area contributed by atoms with Crippen LogP contribution in [0.2, 0.25) is 0 Å². The summed E-state index contributed by atoms with van der Waals surface area (Å²) < 4.78 is 73.9. The summed E-state index contributed by atoms with van der Waals surface area (Å²) in [6, 6.07) is 18.5. The summed E-state index contributed by atoms with van der Waals surface area (Å²) in [6.07, 6.45) is 2.75. The molecule has 0 aliphatic carbocycles. The summed E-state index contributed by atoms with van der Waals surface area (Å²) in [7, 11) is -6.23. The van der Waals surface area contributed by atoms with Gasteiger partial charge in [-0.25, -0.2) is 26.2 Å². The fourth-order valence-corrected chi connectivity index (χ4v) is 6.34. The Kier molecular flexibility index (Phi) is 7.41. The molecule has 13 heteroatoms. The first-order valence-electron chi connectivity index (χ1n) is 12.3. The molecule has 0 bridgehead atoms. The highest BCUT2D eigenvalue weighted by Crippen LogP contribution is 2.35. The normalized spacial score (nSPS) is 11.9. The molecule has 5 aromatic rings. The lowest BCUT2D eigenvalue weighted by molar-refractivity contribution is 0.403. The molecule has 2 aromatic heterocycles. The van der Waals surface area contributed by atoms with Crippen LogP contribution in [0.1, 0.15) is 11.3 Å². The maximum Gasteiger partial charge on any atom is 0.265 e. The largest absolute Gasteiger partial charge is 0.495 e. The zero-order chi connectivity index (χ0) is 29.4. The molecule has 0 saturated heterocycles. The number of ether oxygens (including phenoxy) is 1. The van der Waals surface area contributed by atoms with E-state index in [4.69, 9.17) is 4.74 Å². The van der Waals surface area contributed by atoms with Crippen LogP contribution in [0.15, 0.2) is 88.8 Å². The SMILES string of the molecule is COc1ccc(-c2c(C)nn3c(NCc4cccc(S(C)(=O)=O)c4)ccnc23)cc1S(=O)(=O)Nc1ccccc1F. The lowest BCUT2D eigenvalue weighted by Crippen LogP contribution is -2.15. The molecule has 0 spiro atoms. The van der Waals surface area contributed by atoms with Crippen LogP contribution in [0.3, 0.4) is 0 Å². The highest BCUT2D eigenvalue weighted by atomic mass is 32.2. The zero-order valence-electron chi connectivity index (χ0n) is 22.3. The Balaban J connectivity index is 1.52. The Morgan fingerprint density at radius 3 is 2.49 bits per heavy atom. The van der Waals surface area contributed by atoms with Crippen molar-refractivity contribution in [2.75, 3.05) is 23.4 Å². The predicted molar refractivity (Wildman–Crippen MR) is 154 cm³/mol. The molecule has 212 valence electrons.